The van der Waals surface area contributed by atoms with Crippen LogP contribution in [0.3, 0.4) is 0 Å². The highest BCUT2D eigenvalue weighted by atomic mass is 32.2. The van der Waals surface area contributed by atoms with Gasteiger partial charge in [-0.3, -0.25) is 19.9 Å². The van der Waals surface area contributed by atoms with Gasteiger partial charge in [0.1, 0.15) is 29.2 Å². The van der Waals surface area contributed by atoms with E-state index in [1.165, 1.54) is 18.7 Å². The number of hydrogen-bond acceptors (Lipinski definition) is 14. The van der Waals surface area contributed by atoms with E-state index in [2.05, 4.69) is 21.2 Å². The molecule has 8 aliphatic rings. The maximum atomic E-state index is 14.8. The number of likely N-dealkylation sites (N-methyl/N-ethyl adjacent to an activating group) is 1. The molecular weight excluding hydrogens is 725 g/mol. The van der Waals surface area contributed by atoms with Crippen molar-refractivity contribution >= 4 is 34.7 Å². The number of hydrogen-bond donors (Lipinski definition) is 2. The largest absolute Gasteiger partial charge is 0.504 e. The van der Waals surface area contributed by atoms with Crippen LogP contribution in [0.2, 0.25) is 0 Å². The smallest absolute Gasteiger partial charge is 0.335 e. The van der Waals surface area contributed by atoms with E-state index in [0.717, 1.165) is 27.6 Å². The van der Waals surface area contributed by atoms with Gasteiger partial charge in [-0.05, 0) is 44.5 Å². The number of nitrogens with zero attached hydrogens (tertiary/aromatic N) is 3. The number of phenols is 1. The first-order valence-electron chi connectivity index (χ1n) is 18.5. The van der Waals surface area contributed by atoms with Crippen LogP contribution in [-0.2, 0) is 32.7 Å². The third kappa shape index (κ3) is 4.52. The van der Waals surface area contributed by atoms with Gasteiger partial charge in [-0.2, -0.15) is 5.26 Å². The third-order valence-corrected chi connectivity index (χ3v) is 14.0. The summed E-state index contributed by atoms with van der Waals surface area (Å²) in [6.45, 7) is 5.77. The fourth-order valence-corrected chi connectivity index (χ4v) is 12.2. The molecule has 1 spiro atoms. The molecule has 284 valence electrons. The van der Waals surface area contributed by atoms with Crippen molar-refractivity contribution in [2.24, 2.45) is 0 Å². The summed E-state index contributed by atoms with van der Waals surface area (Å²) in [6, 6.07) is 10.8. The molecule has 55 heavy (non-hydrogen) atoms. The molecule has 2 N–H and O–H groups in total. The maximum absolute atomic E-state index is 14.8. The number of methoxy groups -OCH3 is 1. The molecule has 14 heteroatoms. The van der Waals surface area contributed by atoms with E-state index in [4.69, 9.17) is 28.1 Å². The minimum atomic E-state index is -1.35. The quantitative estimate of drug-likeness (QED) is 0.207. The zero-order valence-corrected chi connectivity index (χ0v) is 31.9. The summed E-state index contributed by atoms with van der Waals surface area (Å²) in [4.78, 5) is 32.2. The predicted octanol–water partition coefficient (Wildman–Crippen LogP) is 5.02. The van der Waals surface area contributed by atoms with Crippen LogP contribution < -0.4 is 24.3 Å². The van der Waals surface area contributed by atoms with Gasteiger partial charge >= 0.3 is 11.9 Å². The first-order valence-corrected chi connectivity index (χ1v) is 19.6. The Bertz CT molecular complexity index is 2410. The maximum Gasteiger partial charge on any atom is 0.335 e. The number of aromatic hydroxyl groups is 1. The van der Waals surface area contributed by atoms with Crippen molar-refractivity contribution in [3.63, 3.8) is 0 Å². The average Bonchev–Trinajstić information content (AvgIpc) is 3.76. The van der Waals surface area contributed by atoms with Gasteiger partial charge in [0.05, 0.1) is 30.5 Å². The van der Waals surface area contributed by atoms with Gasteiger partial charge in [-0.25, -0.2) is 4.79 Å². The standard InChI is InChI=1S/C41H40N4O9S/c1-19-12-22-13-40(15-42)16-44(4)30(27(22)32(47)33(19)49-5)31-37-29-28(36-35(51-18-52-36)20(2)34(29)53-21(3)46)25(45(31)40)14-50-39(48)41(17-55-37)38-24(10-11-43-41)23-8-6-7-9-26(23)54-38/h6-9,12,25,30-31,37,43,47H,10-11,13-14,16-18H2,1-5H3/t25?,30-,31+,37+,40?,41+/m0/s1. The number of fused-ring (bicyclic) bond motifs is 8. The van der Waals surface area contributed by atoms with E-state index in [0.29, 0.717) is 77.0 Å². The number of carbonyl (C=O) groups is 2. The number of esters is 2. The molecule has 0 radical (unpaired) electrons. The highest BCUT2D eigenvalue weighted by Gasteiger charge is 2.64. The monoisotopic (exact) mass is 764 g/mol. The fraction of sp³-hybridized carbons (Fsp3) is 0.439. The number of aryl methyl sites for hydroxylation is 1. The summed E-state index contributed by atoms with van der Waals surface area (Å²) in [5, 5.41) is 27.5. The second-order valence-corrected chi connectivity index (χ2v) is 16.6. The number of thioether (sulfide) groups is 1. The minimum Gasteiger partial charge on any atom is -0.504 e. The molecule has 2 fully saturated rings. The Morgan fingerprint density at radius 2 is 1.93 bits per heavy atom. The molecule has 7 atom stereocenters. The van der Waals surface area contributed by atoms with Crippen LogP contribution >= 0.6 is 11.8 Å². The molecule has 3 unspecified atom stereocenters. The molecule has 2 saturated heterocycles. The fourth-order valence-electron chi connectivity index (χ4n) is 10.6. The first-order chi connectivity index (χ1) is 26.5. The Balaban J connectivity index is 1.27. The Morgan fingerprint density at radius 3 is 2.71 bits per heavy atom. The van der Waals surface area contributed by atoms with E-state index in [1.54, 1.807) is 7.11 Å². The number of furan rings is 1. The van der Waals surface area contributed by atoms with Gasteiger partial charge in [0.15, 0.2) is 28.5 Å². The number of phenolic OH excluding ortho intramolecular Hbond substituents is 1. The molecule has 4 aromatic rings. The zero-order chi connectivity index (χ0) is 38.1. The highest BCUT2D eigenvalue weighted by Crippen LogP contribution is 2.65. The molecule has 0 saturated carbocycles. The van der Waals surface area contributed by atoms with Crippen LogP contribution in [0, 0.1) is 25.2 Å². The van der Waals surface area contributed by atoms with Gasteiger partial charge in [0, 0.05) is 71.4 Å². The molecule has 12 rings (SSSR count). The van der Waals surface area contributed by atoms with E-state index < -0.39 is 46.4 Å². The Morgan fingerprint density at radius 1 is 1.13 bits per heavy atom. The number of rotatable bonds is 2. The van der Waals surface area contributed by atoms with Crippen LogP contribution in [0.4, 0.5) is 0 Å². The van der Waals surface area contributed by atoms with Crippen LogP contribution in [0.1, 0.15) is 69.0 Å². The molecule has 8 aliphatic heterocycles. The summed E-state index contributed by atoms with van der Waals surface area (Å²) in [5.74, 6) is 1.44. The molecular formula is C41H40N4O9S. The Labute approximate surface area is 321 Å². The van der Waals surface area contributed by atoms with Crippen molar-refractivity contribution in [3.05, 3.63) is 75.0 Å². The first kappa shape index (κ1) is 34.5. The Kier molecular flexibility index (Phi) is 7.55. The van der Waals surface area contributed by atoms with Crippen LogP contribution in [0.15, 0.2) is 34.7 Å². The predicted molar refractivity (Wildman–Crippen MR) is 200 cm³/mol. The number of ether oxygens (including phenoxy) is 5. The molecule has 13 nitrogen and oxygen atoms in total. The van der Waals surface area contributed by atoms with Gasteiger partial charge in [0.2, 0.25) is 6.79 Å². The number of nitriles is 1. The van der Waals surface area contributed by atoms with Crippen molar-refractivity contribution in [1.29, 1.82) is 5.26 Å². The number of piperazine rings is 1. The number of benzene rings is 3. The molecule has 4 bridgehead atoms. The number of carbonyl (C=O) groups excluding carboxylic acids is 2. The Hall–Kier alpha value is -4.94. The highest BCUT2D eigenvalue weighted by molar-refractivity contribution is 7.99. The molecule has 0 amide bonds. The number of nitrogens with one attached hydrogen (secondary N) is 1. The summed E-state index contributed by atoms with van der Waals surface area (Å²) >= 11 is 1.52. The summed E-state index contributed by atoms with van der Waals surface area (Å²) in [6.07, 6.45) is 0.966. The SMILES string of the molecule is COc1c(C)cc2c(c1O)[C@H]1[C@@H]3[C@@H]4SC[C@]5(NCCc6c5oc5ccccc65)C(=O)OCC(c5c6c(c(C)c(OC(C)=O)c54)OCO6)N3C(C#N)(C2)CN1C. The minimum absolute atomic E-state index is 0.0361. The lowest BCUT2D eigenvalue weighted by atomic mass is 9.76. The van der Waals surface area contributed by atoms with Gasteiger partial charge in [-0.15, -0.1) is 11.8 Å². The van der Waals surface area contributed by atoms with Crippen LogP contribution in [0.5, 0.6) is 28.7 Å². The second kappa shape index (κ2) is 12.0. The zero-order valence-electron chi connectivity index (χ0n) is 31.1. The normalized spacial score (nSPS) is 30.1. The molecule has 1 aromatic heterocycles. The molecule has 0 aliphatic carbocycles. The van der Waals surface area contributed by atoms with E-state index in [-0.39, 0.29) is 24.9 Å². The average molecular weight is 765 g/mol. The summed E-state index contributed by atoms with van der Waals surface area (Å²) in [7, 11) is 3.52. The summed E-state index contributed by atoms with van der Waals surface area (Å²) in [5.41, 5.74) is 3.45. The van der Waals surface area contributed by atoms with E-state index >= 15 is 0 Å². The lowest BCUT2D eigenvalue weighted by Gasteiger charge is -2.60. The topological polar surface area (TPSA) is 156 Å². The van der Waals surface area contributed by atoms with Crippen molar-refractivity contribution in [2.45, 2.75) is 68.1 Å². The van der Waals surface area contributed by atoms with Gasteiger partial charge < -0.3 is 33.2 Å². The number of para-hydroxylation sites is 1. The van der Waals surface area contributed by atoms with E-state index in [9.17, 15) is 20.0 Å². The lowest BCUT2D eigenvalue weighted by Crippen LogP contribution is -2.69. The van der Waals surface area contributed by atoms with Crippen LogP contribution in [0.25, 0.3) is 11.0 Å². The van der Waals surface area contributed by atoms with Gasteiger partial charge in [-0.1, -0.05) is 24.3 Å². The molecule has 3 aromatic carbocycles. The van der Waals surface area contributed by atoms with Crippen LogP contribution in [-0.4, -0.2) is 84.8 Å². The van der Waals surface area contributed by atoms with E-state index in [1.807, 2.05) is 51.2 Å². The van der Waals surface area contributed by atoms with Crippen molar-refractivity contribution in [3.8, 4) is 34.8 Å². The second-order valence-electron chi connectivity index (χ2n) is 15.5. The van der Waals surface area contributed by atoms with Crippen molar-refractivity contribution < 1.29 is 42.8 Å². The van der Waals surface area contributed by atoms with Crippen molar-refractivity contribution in [1.82, 2.24) is 15.1 Å². The van der Waals surface area contributed by atoms with Crippen molar-refractivity contribution in [2.75, 3.05) is 46.4 Å². The molecule has 9 heterocycles. The van der Waals surface area contributed by atoms with Gasteiger partial charge in [0.25, 0.3) is 0 Å². The summed E-state index contributed by atoms with van der Waals surface area (Å²) < 4.78 is 37.3. The third-order valence-electron chi connectivity index (χ3n) is 12.6. The lowest BCUT2D eigenvalue weighted by molar-refractivity contribution is -0.158.